The molecular weight excluding hydrogens is 780 g/mol. The normalized spacial score (nSPS) is 18.9. The number of para-hydroxylation sites is 2. The van der Waals surface area contributed by atoms with Crippen LogP contribution in [0.15, 0.2) is 97.1 Å². The van der Waals surface area contributed by atoms with E-state index >= 15 is 0 Å². The topological polar surface area (TPSA) is 98.9 Å². The molecule has 3 aliphatic rings. The molecule has 0 spiro atoms. The van der Waals surface area contributed by atoms with Gasteiger partial charge in [0.05, 0.1) is 17.6 Å². The van der Waals surface area contributed by atoms with Crippen molar-refractivity contribution < 1.29 is 42.9 Å². The minimum absolute atomic E-state index is 0. The second-order valence-electron chi connectivity index (χ2n) is 13.7. The molecule has 2 saturated carbocycles. The van der Waals surface area contributed by atoms with E-state index in [1.165, 1.54) is 75.7 Å². The third kappa shape index (κ3) is 13.2. The third-order valence-corrected chi connectivity index (χ3v) is 13.2. The van der Waals surface area contributed by atoms with Gasteiger partial charge in [-0.3, -0.25) is 0 Å². The first-order valence-electron chi connectivity index (χ1n) is 18.2. The Labute approximate surface area is 331 Å². The zero-order valence-electron chi connectivity index (χ0n) is 31.4. The predicted octanol–water partition coefficient (Wildman–Crippen LogP) is 11.7. The molecule has 2 fully saturated rings. The monoisotopic (exact) mass is 837 g/mol. The molecule has 0 aromatic heterocycles. The summed E-state index contributed by atoms with van der Waals surface area (Å²) in [7, 11) is -3.24. The van der Waals surface area contributed by atoms with E-state index < -0.39 is 11.0 Å². The number of rotatable bonds is 9. The molecule has 3 aromatic carbocycles. The number of ether oxygens (including phenoxy) is 2. The molecule has 1 atom stereocenters. The minimum Gasteiger partial charge on any atom is -0.534 e. The van der Waals surface area contributed by atoms with Crippen LogP contribution >= 0.6 is 7.92 Å². The Kier molecular flexibility index (Phi) is 20.6. The molecule has 3 aromatic rings. The van der Waals surface area contributed by atoms with Crippen LogP contribution in [-0.2, 0) is 44.6 Å². The number of nitrogen functional groups attached to an aromatic ring is 1. The van der Waals surface area contributed by atoms with Crippen LogP contribution in [0.3, 0.4) is 0 Å². The molecule has 52 heavy (non-hydrogen) atoms. The summed E-state index contributed by atoms with van der Waals surface area (Å²) < 4.78 is 37.6. The van der Waals surface area contributed by atoms with Gasteiger partial charge >= 0.3 is 0 Å². The molecule has 0 bridgehead atoms. The molecule has 9 heteroatoms. The largest absolute Gasteiger partial charge is 0.534 e. The van der Waals surface area contributed by atoms with Gasteiger partial charge in [-0.25, -0.2) is 0 Å². The van der Waals surface area contributed by atoms with E-state index in [0.29, 0.717) is 0 Å². The summed E-state index contributed by atoms with van der Waals surface area (Å²) in [4.78, 5) is 0. The fourth-order valence-corrected chi connectivity index (χ4v) is 12.1. The Bertz CT molecular complexity index is 1560. The Morgan fingerprint density at radius 3 is 1.92 bits per heavy atom. The van der Waals surface area contributed by atoms with E-state index in [4.69, 9.17) is 28.2 Å². The van der Waals surface area contributed by atoms with Gasteiger partial charge in [0.25, 0.3) is 0 Å². The van der Waals surface area contributed by atoms with E-state index in [1.807, 2.05) is 48.5 Å². The maximum absolute atomic E-state index is 8.56. The fourth-order valence-electron chi connectivity index (χ4n) is 7.49. The van der Waals surface area contributed by atoms with Gasteiger partial charge in [0.15, 0.2) is 0 Å². The third-order valence-electron chi connectivity index (χ3n) is 9.32. The Morgan fingerprint density at radius 1 is 0.827 bits per heavy atom. The summed E-state index contributed by atoms with van der Waals surface area (Å²) in [5.74, 6) is 2.32. The second-order valence-corrected chi connectivity index (χ2v) is 17.1. The molecule has 0 amide bonds. The molecule has 0 aliphatic heterocycles. The molecule has 0 saturated heterocycles. The number of hydrogen-bond acceptors (Lipinski definition) is 6. The van der Waals surface area contributed by atoms with Gasteiger partial charge in [-0.2, -0.15) is 0 Å². The quantitative estimate of drug-likeness (QED) is 0.0424. The van der Waals surface area contributed by atoms with Crippen molar-refractivity contribution in [2.75, 3.05) is 5.73 Å². The summed E-state index contributed by atoms with van der Waals surface area (Å²) >= 11 is 0. The van der Waals surface area contributed by atoms with Crippen LogP contribution in [-0.4, -0.2) is 33.4 Å². The molecule has 6 rings (SSSR count). The number of nitrogens with two attached hydrogens (primary N) is 1. The van der Waals surface area contributed by atoms with Gasteiger partial charge in [0.2, 0.25) is 0 Å². The molecule has 1 unspecified atom stereocenters. The van der Waals surface area contributed by atoms with E-state index in [2.05, 4.69) is 82.3 Å². The van der Waals surface area contributed by atoms with Crippen LogP contribution < -0.4 is 10.5 Å². The number of anilines is 1. The van der Waals surface area contributed by atoms with Crippen LogP contribution in [0.2, 0.25) is 0 Å². The van der Waals surface area contributed by atoms with Crippen molar-refractivity contribution in [1.82, 2.24) is 0 Å². The SMILES string of the molecule is CC(C)Oc1ccccc1[C-]1C=CC=CC1(OC(C)C)P(C1CCCCC1)C1CCCCC1.Nc1ccccc1-c1[c-]cccc1.O=[S-](=O)O.[CH3-].[Pd]. The maximum atomic E-state index is 8.56. The zero-order chi connectivity index (χ0) is 35.9. The summed E-state index contributed by atoms with van der Waals surface area (Å²) in [6.07, 6.45) is 23.4. The van der Waals surface area contributed by atoms with Crippen LogP contribution in [0.5, 0.6) is 5.75 Å². The molecule has 290 valence electrons. The van der Waals surface area contributed by atoms with Crippen LogP contribution in [0.1, 0.15) is 97.5 Å². The standard InChI is InChI=1S/C30H44O2P.C12H10N.CH3.HO3S.Pd/c1-23(2)31-29-21-12-11-19-27(29)28-20-13-14-22-30(28,32-24(3)4)33(25-15-7-5-8-16-25)26-17-9-6-10-18-26;13-12-9-5-4-8-11(12)10-6-2-1-3-7-10;;1-4(2)3;/h11-14,19-26H,5-10,15-18H2,1-4H3;1-6,8-9H,13H2;1H3;(H,1,2,3);/q4*-1;. The maximum Gasteiger partial charge on any atom is 0.0979 e. The van der Waals surface area contributed by atoms with Crippen LogP contribution in [0.25, 0.3) is 11.1 Å². The van der Waals surface area contributed by atoms with Crippen molar-refractivity contribution >= 4 is 24.6 Å². The van der Waals surface area contributed by atoms with Crippen molar-refractivity contribution in [2.45, 2.75) is 121 Å². The Hall–Kier alpha value is -2.43. The second kappa shape index (κ2) is 23.4. The summed E-state index contributed by atoms with van der Waals surface area (Å²) in [6, 6.07) is 27.4. The van der Waals surface area contributed by atoms with Crippen molar-refractivity contribution in [3.63, 3.8) is 0 Å². The molecule has 0 radical (unpaired) electrons. The van der Waals surface area contributed by atoms with E-state index in [1.54, 1.807) is 0 Å². The molecular formula is C43H58NO5PPdS-4. The van der Waals surface area contributed by atoms with E-state index in [9.17, 15) is 0 Å². The zero-order valence-corrected chi connectivity index (χ0v) is 34.7. The fraction of sp³-hybridized carbons (Fsp3) is 0.442. The van der Waals surface area contributed by atoms with Gasteiger partial charge < -0.3 is 35.6 Å². The average molecular weight is 838 g/mol. The van der Waals surface area contributed by atoms with Gasteiger partial charge in [0.1, 0.15) is 0 Å². The molecule has 3 aliphatic carbocycles. The molecule has 0 heterocycles. The number of allylic oxidation sites excluding steroid dienone is 2. The minimum atomic E-state index is -2.86. The van der Waals surface area contributed by atoms with E-state index in [-0.39, 0.29) is 53.3 Å². The number of hydrogen-bond donors (Lipinski definition) is 2. The first-order chi connectivity index (χ1) is 24.1. The van der Waals surface area contributed by atoms with Gasteiger partial charge in [-0.15, -0.1) is 71.8 Å². The van der Waals surface area contributed by atoms with Crippen LogP contribution in [0.4, 0.5) is 5.69 Å². The number of benzene rings is 3. The first-order valence-corrected chi connectivity index (χ1v) is 20.7. The molecule has 3 N–H and O–H groups in total. The summed E-state index contributed by atoms with van der Waals surface area (Å²) in [5, 5.41) is -0.335. The molecule has 6 nitrogen and oxygen atoms in total. The van der Waals surface area contributed by atoms with Crippen molar-refractivity contribution in [2.24, 2.45) is 0 Å². The predicted molar refractivity (Wildman–Crippen MR) is 215 cm³/mol. The summed E-state index contributed by atoms with van der Waals surface area (Å²) in [6.45, 7) is 8.67. The van der Waals surface area contributed by atoms with E-state index in [0.717, 1.165) is 33.9 Å². The summed E-state index contributed by atoms with van der Waals surface area (Å²) in [5.41, 5.74) is 11.5. The smallest absolute Gasteiger partial charge is 0.0979 e. The first kappa shape index (κ1) is 45.7. The Balaban J connectivity index is 0.000000409. The van der Waals surface area contributed by atoms with Gasteiger partial charge in [-0.1, -0.05) is 94.3 Å². The van der Waals surface area contributed by atoms with Crippen molar-refractivity contribution in [3.8, 4) is 16.9 Å². The average Bonchev–Trinajstić information content (AvgIpc) is 3.10. The van der Waals surface area contributed by atoms with Crippen LogP contribution in [0, 0.1) is 19.4 Å². The van der Waals surface area contributed by atoms with Gasteiger partial charge in [0, 0.05) is 37.2 Å². The van der Waals surface area contributed by atoms with Crippen molar-refractivity contribution in [3.05, 3.63) is 122 Å². The van der Waals surface area contributed by atoms with Gasteiger partial charge in [-0.05, 0) is 76.4 Å². The van der Waals surface area contributed by atoms with Crippen molar-refractivity contribution in [1.29, 1.82) is 0 Å². The Morgan fingerprint density at radius 2 is 1.38 bits per heavy atom.